The number of nitrogen functional groups attached to an aromatic ring is 1. The van der Waals surface area contributed by atoms with Crippen molar-refractivity contribution in [2.24, 2.45) is 0 Å². The molecule has 0 aromatic heterocycles. The van der Waals surface area contributed by atoms with Crippen LogP contribution in [0.25, 0.3) is 0 Å². The Hall–Kier alpha value is -1.09. The van der Waals surface area contributed by atoms with Gasteiger partial charge in [0.25, 0.3) is 0 Å². The van der Waals surface area contributed by atoms with Gasteiger partial charge in [0.1, 0.15) is 5.82 Å². The van der Waals surface area contributed by atoms with Gasteiger partial charge in [-0.25, -0.2) is 4.39 Å². The molecule has 0 radical (unpaired) electrons. The Balaban J connectivity index is 2.04. The first-order valence-electron chi connectivity index (χ1n) is 5.91. The molecule has 1 saturated carbocycles. The van der Waals surface area contributed by atoms with Crippen LogP contribution in [0.1, 0.15) is 31.2 Å². The zero-order valence-corrected chi connectivity index (χ0v) is 9.75. The van der Waals surface area contributed by atoms with Gasteiger partial charge >= 0.3 is 0 Å². The Bertz CT molecular complexity index is 359. The van der Waals surface area contributed by atoms with Crippen molar-refractivity contribution < 1.29 is 4.39 Å². The second-order valence-corrected chi connectivity index (χ2v) is 4.70. The van der Waals surface area contributed by atoms with Crippen LogP contribution in [0.15, 0.2) is 18.2 Å². The van der Waals surface area contributed by atoms with Crippen molar-refractivity contribution in [3.05, 3.63) is 29.6 Å². The lowest BCUT2D eigenvalue weighted by Gasteiger charge is -2.24. The van der Waals surface area contributed by atoms with Crippen LogP contribution in [-0.4, -0.2) is 18.0 Å². The van der Waals surface area contributed by atoms with Crippen molar-refractivity contribution in [1.29, 1.82) is 0 Å². The Morgan fingerprint density at radius 2 is 2.06 bits per heavy atom. The van der Waals surface area contributed by atoms with Crippen LogP contribution < -0.4 is 5.73 Å². The number of anilines is 1. The lowest BCUT2D eigenvalue weighted by Crippen LogP contribution is -2.28. The van der Waals surface area contributed by atoms with E-state index in [-0.39, 0.29) is 5.82 Å². The summed E-state index contributed by atoms with van der Waals surface area (Å²) < 4.78 is 13.1. The second-order valence-electron chi connectivity index (χ2n) is 4.70. The fourth-order valence-corrected chi connectivity index (χ4v) is 2.45. The van der Waals surface area contributed by atoms with Crippen LogP contribution in [0.3, 0.4) is 0 Å². The number of nitrogens with two attached hydrogens (primary N) is 1. The van der Waals surface area contributed by atoms with Gasteiger partial charge in [0, 0.05) is 18.3 Å². The highest BCUT2D eigenvalue weighted by atomic mass is 19.1. The Labute approximate surface area is 96.2 Å². The fourth-order valence-electron chi connectivity index (χ4n) is 2.45. The summed E-state index contributed by atoms with van der Waals surface area (Å²) in [5.41, 5.74) is 7.43. The van der Waals surface area contributed by atoms with Crippen LogP contribution in [0.4, 0.5) is 10.1 Å². The first-order valence-corrected chi connectivity index (χ1v) is 5.91. The molecular weight excluding hydrogens is 203 g/mol. The third kappa shape index (κ3) is 2.53. The maximum absolute atomic E-state index is 13.1. The zero-order chi connectivity index (χ0) is 11.5. The van der Waals surface area contributed by atoms with E-state index in [1.54, 1.807) is 12.1 Å². The Kier molecular flexibility index (Phi) is 3.44. The molecule has 0 atom stereocenters. The topological polar surface area (TPSA) is 29.3 Å². The molecule has 1 aliphatic rings. The minimum atomic E-state index is -0.205. The molecule has 0 saturated heterocycles. The first kappa shape index (κ1) is 11.4. The molecule has 0 unspecified atom stereocenters. The monoisotopic (exact) mass is 222 g/mol. The third-order valence-corrected chi connectivity index (χ3v) is 3.47. The van der Waals surface area contributed by atoms with Crippen molar-refractivity contribution in [3.8, 4) is 0 Å². The van der Waals surface area contributed by atoms with E-state index >= 15 is 0 Å². The molecule has 88 valence electrons. The van der Waals surface area contributed by atoms with E-state index in [1.807, 2.05) is 0 Å². The average Bonchev–Trinajstić information content (AvgIpc) is 2.76. The van der Waals surface area contributed by atoms with Crippen molar-refractivity contribution in [1.82, 2.24) is 4.90 Å². The number of benzene rings is 1. The Morgan fingerprint density at radius 3 is 2.75 bits per heavy atom. The standard InChI is InChI=1S/C13H19FN2/c1-16(12-4-2-3-5-12)9-10-8-11(14)6-7-13(10)15/h6-8,12H,2-5,9,15H2,1H3. The van der Waals surface area contributed by atoms with Crippen molar-refractivity contribution in [2.45, 2.75) is 38.3 Å². The number of nitrogens with zero attached hydrogens (tertiary/aromatic N) is 1. The molecule has 2 rings (SSSR count). The maximum atomic E-state index is 13.1. The molecule has 1 aliphatic carbocycles. The van der Waals surface area contributed by atoms with Crippen molar-refractivity contribution >= 4 is 5.69 Å². The molecule has 0 amide bonds. The summed E-state index contributed by atoms with van der Waals surface area (Å²) in [4.78, 5) is 2.29. The minimum absolute atomic E-state index is 0.205. The minimum Gasteiger partial charge on any atom is -0.398 e. The lowest BCUT2D eigenvalue weighted by atomic mass is 10.1. The van der Waals surface area contributed by atoms with Crippen molar-refractivity contribution in [3.63, 3.8) is 0 Å². The summed E-state index contributed by atoms with van der Waals surface area (Å²) in [5, 5.41) is 0. The third-order valence-electron chi connectivity index (χ3n) is 3.47. The lowest BCUT2D eigenvalue weighted by molar-refractivity contribution is 0.237. The highest BCUT2D eigenvalue weighted by Crippen LogP contribution is 2.25. The molecule has 1 fully saturated rings. The molecule has 0 bridgehead atoms. The van der Waals surface area contributed by atoms with Gasteiger partial charge in [0.2, 0.25) is 0 Å². The highest BCUT2D eigenvalue weighted by Gasteiger charge is 2.19. The number of hydrogen-bond donors (Lipinski definition) is 1. The normalized spacial score (nSPS) is 17.2. The summed E-state index contributed by atoms with van der Waals surface area (Å²) in [5.74, 6) is -0.205. The van der Waals surface area contributed by atoms with Gasteiger partial charge in [-0.15, -0.1) is 0 Å². The van der Waals surface area contributed by atoms with E-state index in [0.29, 0.717) is 11.7 Å². The van der Waals surface area contributed by atoms with E-state index < -0.39 is 0 Å². The molecular formula is C13H19FN2. The van der Waals surface area contributed by atoms with Gasteiger partial charge in [-0.1, -0.05) is 12.8 Å². The predicted molar refractivity (Wildman–Crippen MR) is 64.5 cm³/mol. The Morgan fingerprint density at radius 1 is 1.38 bits per heavy atom. The van der Waals surface area contributed by atoms with E-state index in [0.717, 1.165) is 12.1 Å². The van der Waals surface area contributed by atoms with E-state index in [4.69, 9.17) is 5.73 Å². The zero-order valence-electron chi connectivity index (χ0n) is 9.75. The molecule has 0 aliphatic heterocycles. The van der Waals surface area contributed by atoms with Gasteiger partial charge < -0.3 is 5.73 Å². The number of rotatable bonds is 3. The van der Waals surface area contributed by atoms with Crippen LogP contribution in [0, 0.1) is 5.82 Å². The maximum Gasteiger partial charge on any atom is 0.123 e. The molecule has 1 aromatic rings. The second kappa shape index (κ2) is 4.83. The molecule has 2 N–H and O–H groups in total. The SMILES string of the molecule is CN(Cc1cc(F)ccc1N)C1CCCC1. The number of halogens is 1. The molecule has 16 heavy (non-hydrogen) atoms. The summed E-state index contributed by atoms with van der Waals surface area (Å²) in [7, 11) is 2.10. The van der Waals surface area contributed by atoms with Gasteiger partial charge in [0.15, 0.2) is 0 Å². The van der Waals surface area contributed by atoms with Gasteiger partial charge in [0.05, 0.1) is 0 Å². The molecule has 0 spiro atoms. The smallest absolute Gasteiger partial charge is 0.123 e. The molecule has 2 nitrogen and oxygen atoms in total. The van der Waals surface area contributed by atoms with E-state index in [9.17, 15) is 4.39 Å². The van der Waals surface area contributed by atoms with Crippen LogP contribution >= 0.6 is 0 Å². The van der Waals surface area contributed by atoms with Crippen LogP contribution in [-0.2, 0) is 6.54 Å². The van der Waals surface area contributed by atoms with E-state index in [1.165, 1.54) is 31.7 Å². The summed E-state index contributed by atoms with van der Waals surface area (Å²) in [6.45, 7) is 0.744. The van der Waals surface area contributed by atoms with Gasteiger partial charge in [-0.3, -0.25) is 4.90 Å². The fraction of sp³-hybridized carbons (Fsp3) is 0.538. The molecule has 3 heteroatoms. The number of hydrogen-bond acceptors (Lipinski definition) is 2. The van der Waals surface area contributed by atoms with Crippen LogP contribution in [0.5, 0.6) is 0 Å². The van der Waals surface area contributed by atoms with Gasteiger partial charge in [-0.2, -0.15) is 0 Å². The summed E-state index contributed by atoms with van der Waals surface area (Å²) in [6.07, 6.45) is 5.14. The molecule has 0 heterocycles. The summed E-state index contributed by atoms with van der Waals surface area (Å²) >= 11 is 0. The first-order chi connectivity index (χ1) is 7.66. The van der Waals surface area contributed by atoms with E-state index in [2.05, 4.69) is 11.9 Å². The van der Waals surface area contributed by atoms with Crippen LogP contribution in [0.2, 0.25) is 0 Å². The summed E-state index contributed by atoms with van der Waals surface area (Å²) in [6, 6.07) is 5.24. The quantitative estimate of drug-likeness (QED) is 0.797. The largest absolute Gasteiger partial charge is 0.398 e. The predicted octanol–water partition coefficient (Wildman–Crippen LogP) is 2.78. The van der Waals surface area contributed by atoms with Gasteiger partial charge in [-0.05, 0) is 43.7 Å². The van der Waals surface area contributed by atoms with Crippen molar-refractivity contribution in [2.75, 3.05) is 12.8 Å². The average molecular weight is 222 g/mol. The highest BCUT2D eigenvalue weighted by molar-refractivity contribution is 5.46. The molecule has 1 aromatic carbocycles.